The molecule has 2 amide bonds. The summed E-state index contributed by atoms with van der Waals surface area (Å²) in [6, 6.07) is 0. The number of amides is 2. The third-order valence-corrected chi connectivity index (χ3v) is 5.18. The van der Waals surface area contributed by atoms with Gasteiger partial charge in [0, 0.05) is 6.54 Å². The second kappa shape index (κ2) is 4.36. The summed E-state index contributed by atoms with van der Waals surface area (Å²) < 4.78 is 0. The van der Waals surface area contributed by atoms with Gasteiger partial charge in [0.1, 0.15) is 0 Å². The number of rotatable bonds is 4. The van der Waals surface area contributed by atoms with Crippen molar-refractivity contribution < 1.29 is 9.59 Å². The molecule has 3 fully saturated rings. The first-order chi connectivity index (χ1) is 8.59. The Hall–Kier alpha value is -0.860. The summed E-state index contributed by atoms with van der Waals surface area (Å²) >= 11 is 0. The van der Waals surface area contributed by atoms with E-state index in [1.165, 1.54) is 12.8 Å². The van der Waals surface area contributed by atoms with Crippen molar-refractivity contribution >= 4 is 11.8 Å². The van der Waals surface area contributed by atoms with Crippen LogP contribution < -0.4 is 0 Å². The summed E-state index contributed by atoms with van der Waals surface area (Å²) in [7, 11) is 0. The molecule has 0 aromatic carbocycles. The summed E-state index contributed by atoms with van der Waals surface area (Å²) in [6.07, 6.45) is 5.53. The fourth-order valence-electron chi connectivity index (χ4n) is 4.35. The summed E-state index contributed by atoms with van der Waals surface area (Å²) in [5.74, 6) is 2.12. The van der Waals surface area contributed by atoms with Crippen LogP contribution in [-0.2, 0) is 9.59 Å². The zero-order valence-electron chi connectivity index (χ0n) is 11.4. The van der Waals surface area contributed by atoms with Crippen LogP contribution in [0.4, 0.5) is 0 Å². The molecule has 0 aromatic heterocycles. The maximum Gasteiger partial charge on any atom is 0.233 e. The number of nitrogens with zero attached hydrogens (tertiary/aromatic N) is 1. The number of hydrogen-bond acceptors (Lipinski definition) is 2. The third-order valence-electron chi connectivity index (χ3n) is 5.18. The molecule has 3 aliphatic rings. The van der Waals surface area contributed by atoms with Gasteiger partial charge in [-0.3, -0.25) is 14.5 Å². The van der Waals surface area contributed by atoms with Crippen LogP contribution in [0.2, 0.25) is 0 Å². The molecule has 1 saturated heterocycles. The van der Waals surface area contributed by atoms with E-state index in [0.29, 0.717) is 24.3 Å². The lowest BCUT2D eigenvalue weighted by Gasteiger charge is -2.19. The van der Waals surface area contributed by atoms with E-state index in [1.54, 1.807) is 4.90 Å². The fourth-order valence-corrected chi connectivity index (χ4v) is 4.35. The van der Waals surface area contributed by atoms with Crippen molar-refractivity contribution in [2.75, 3.05) is 6.54 Å². The predicted molar refractivity (Wildman–Crippen MR) is 68.6 cm³/mol. The Morgan fingerprint density at radius 2 is 1.67 bits per heavy atom. The minimum absolute atomic E-state index is 0.0651. The monoisotopic (exact) mass is 249 g/mol. The number of likely N-dealkylation sites (tertiary alicyclic amines) is 1. The average Bonchev–Trinajstić information content (AvgIpc) is 2.97. The molecule has 0 aromatic rings. The van der Waals surface area contributed by atoms with E-state index in [0.717, 1.165) is 19.3 Å². The number of carbonyl (C=O) groups excluding carboxylic acids is 2. The van der Waals surface area contributed by atoms with Gasteiger partial charge >= 0.3 is 0 Å². The van der Waals surface area contributed by atoms with E-state index in [4.69, 9.17) is 0 Å². The Balaban J connectivity index is 1.67. The molecule has 4 unspecified atom stereocenters. The fraction of sp³-hybridized carbons (Fsp3) is 0.867. The van der Waals surface area contributed by atoms with E-state index in [-0.39, 0.29) is 23.7 Å². The van der Waals surface area contributed by atoms with Crippen molar-refractivity contribution in [3.8, 4) is 0 Å². The molecule has 3 nitrogen and oxygen atoms in total. The average molecular weight is 249 g/mol. The van der Waals surface area contributed by atoms with E-state index in [9.17, 15) is 9.59 Å². The molecule has 0 N–H and O–H groups in total. The van der Waals surface area contributed by atoms with Gasteiger partial charge in [-0.1, -0.05) is 13.8 Å². The summed E-state index contributed by atoms with van der Waals surface area (Å²) in [6.45, 7) is 5.02. The predicted octanol–water partition coefficient (Wildman–Crippen LogP) is 2.45. The smallest absolute Gasteiger partial charge is 0.233 e. The SMILES string of the molecule is CC(C)CCCN1C(=O)C2C3CCC(C3)C2C1=O. The zero-order valence-corrected chi connectivity index (χ0v) is 11.4. The molecule has 18 heavy (non-hydrogen) atoms. The van der Waals surface area contributed by atoms with Crippen LogP contribution in [0, 0.1) is 29.6 Å². The van der Waals surface area contributed by atoms with Crippen molar-refractivity contribution in [1.82, 2.24) is 4.90 Å². The van der Waals surface area contributed by atoms with E-state index in [2.05, 4.69) is 13.8 Å². The summed E-state index contributed by atoms with van der Waals surface area (Å²) in [4.78, 5) is 26.3. The Labute approximate surface area is 109 Å². The minimum Gasteiger partial charge on any atom is -0.282 e. The van der Waals surface area contributed by atoms with Gasteiger partial charge in [-0.05, 0) is 49.9 Å². The molecule has 3 heteroatoms. The Kier molecular flexibility index (Phi) is 2.95. The Morgan fingerprint density at radius 1 is 1.11 bits per heavy atom. The van der Waals surface area contributed by atoms with E-state index in [1.807, 2.05) is 0 Å². The van der Waals surface area contributed by atoms with Gasteiger partial charge in [0.2, 0.25) is 11.8 Å². The lowest BCUT2D eigenvalue weighted by Crippen LogP contribution is -2.33. The highest BCUT2D eigenvalue weighted by Crippen LogP contribution is 2.56. The van der Waals surface area contributed by atoms with Gasteiger partial charge in [0.25, 0.3) is 0 Å². The Bertz CT molecular complexity index is 349. The van der Waals surface area contributed by atoms with Crippen LogP contribution in [0.3, 0.4) is 0 Å². The van der Waals surface area contributed by atoms with Gasteiger partial charge in [-0.2, -0.15) is 0 Å². The van der Waals surface area contributed by atoms with Crippen molar-refractivity contribution in [2.45, 2.75) is 46.0 Å². The van der Waals surface area contributed by atoms with Crippen LogP contribution in [0.1, 0.15) is 46.0 Å². The van der Waals surface area contributed by atoms with Gasteiger partial charge < -0.3 is 0 Å². The van der Waals surface area contributed by atoms with Crippen LogP contribution in [0.5, 0.6) is 0 Å². The number of fused-ring (bicyclic) bond motifs is 5. The molecular formula is C15H23NO2. The van der Waals surface area contributed by atoms with Crippen molar-refractivity contribution in [1.29, 1.82) is 0 Å². The van der Waals surface area contributed by atoms with Crippen molar-refractivity contribution in [2.24, 2.45) is 29.6 Å². The highest BCUT2D eigenvalue weighted by atomic mass is 16.2. The molecule has 1 heterocycles. The van der Waals surface area contributed by atoms with Crippen molar-refractivity contribution in [3.05, 3.63) is 0 Å². The lowest BCUT2D eigenvalue weighted by atomic mass is 9.81. The van der Waals surface area contributed by atoms with Gasteiger partial charge in [0.05, 0.1) is 11.8 Å². The topological polar surface area (TPSA) is 37.4 Å². The molecule has 2 aliphatic carbocycles. The maximum atomic E-state index is 12.4. The van der Waals surface area contributed by atoms with E-state index < -0.39 is 0 Å². The largest absolute Gasteiger partial charge is 0.282 e. The highest BCUT2D eigenvalue weighted by molar-refractivity contribution is 6.06. The Morgan fingerprint density at radius 3 is 2.17 bits per heavy atom. The molecule has 100 valence electrons. The second-order valence-corrected chi connectivity index (χ2v) is 6.75. The molecule has 1 aliphatic heterocycles. The number of hydrogen-bond donors (Lipinski definition) is 0. The first kappa shape index (κ1) is 12.2. The van der Waals surface area contributed by atoms with E-state index >= 15 is 0 Å². The maximum absolute atomic E-state index is 12.4. The van der Waals surface area contributed by atoms with Crippen LogP contribution in [0.25, 0.3) is 0 Å². The zero-order chi connectivity index (χ0) is 12.9. The quantitative estimate of drug-likeness (QED) is 0.718. The normalized spacial score (nSPS) is 38.1. The minimum atomic E-state index is 0.0651. The first-order valence-corrected chi connectivity index (χ1v) is 7.44. The molecule has 2 saturated carbocycles. The highest BCUT2D eigenvalue weighted by Gasteiger charge is 2.60. The second-order valence-electron chi connectivity index (χ2n) is 6.75. The van der Waals surface area contributed by atoms with Gasteiger partial charge in [0.15, 0.2) is 0 Å². The van der Waals surface area contributed by atoms with Crippen LogP contribution >= 0.6 is 0 Å². The molecule has 3 rings (SSSR count). The van der Waals surface area contributed by atoms with Crippen LogP contribution in [-0.4, -0.2) is 23.3 Å². The summed E-state index contributed by atoms with van der Waals surface area (Å²) in [5, 5.41) is 0. The molecule has 4 atom stereocenters. The standard InChI is InChI=1S/C15H23NO2/c1-9(2)4-3-7-16-14(17)12-10-5-6-11(8-10)13(12)15(16)18/h9-13H,3-8H2,1-2H3. The lowest BCUT2D eigenvalue weighted by molar-refractivity contribution is -0.140. The summed E-state index contributed by atoms with van der Waals surface area (Å²) in [5.41, 5.74) is 0. The molecular weight excluding hydrogens is 226 g/mol. The van der Waals surface area contributed by atoms with Gasteiger partial charge in [-0.25, -0.2) is 0 Å². The molecule has 0 spiro atoms. The molecule has 0 radical (unpaired) electrons. The third kappa shape index (κ3) is 1.70. The first-order valence-electron chi connectivity index (χ1n) is 7.44. The number of carbonyl (C=O) groups is 2. The number of imide groups is 1. The van der Waals surface area contributed by atoms with Crippen molar-refractivity contribution in [3.63, 3.8) is 0 Å². The molecule has 2 bridgehead atoms. The van der Waals surface area contributed by atoms with Gasteiger partial charge in [-0.15, -0.1) is 0 Å². The van der Waals surface area contributed by atoms with Crippen LogP contribution in [0.15, 0.2) is 0 Å².